The Morgan fingerprint density at radius 3 is 1.60 bits per heavy atom. The summed E-state index contributed by atoms with van der Waals surface area (Å²) in [5.41, 5.74) is 11.0. The van der Waals surface area contributed by atoms with Crippen LogP contribution in [0.1, 0.15) is 13.8 Å². The van der Waals surface area contributed by atoms with E-state index in [-0.39, 0.29) is 0 Å². The van der Waals surface area contributed by atoms with E-state index in [9.17, 15) is 0 Å². The van der Waals surface area contributed by atoms with E-state index in [2.05, 4.69) is 0 Å². The van der Waals surface area contributed by atoms with E-state index in [1.54, 1.807) is 13.8 Å². The first kappa shape index (κ1) is 4.92. The van der Waals surface area contributed by atoms with Crippen LogP contribution >= 0.6 is 0 Å². The number of hydrogen-bond acceptors (Lipinski definition) is 1. The first-order chi connectivity index (χ1) is 2.00. The summed E-state index contributed by atoms with van der Waals surface area (Å²) < 4.78 is 0. The molecule has 0 aliphatic carbocycles. The summed E-state index contributed by atoms with van der Waals surface area (Å²) in [7, 11) is 0. The monoisotopic (exact) mass is 73.1 g/mol. The zero-order valence-electron chi connectivity index (χ0n) is 3.58. The van der Waals surface area contributed by atoms with Crippen molar-refractivity contribution >= 4 is 0 Å². The van der Waals surface area contributed by atoms with Crippen molar-refractivity contribution in [2.75, 3.05) is 0 Å². The maximum Gasteiger partial charge on any atom is 0.0735 e. The van der Waals surface area contributed by atoms with E-state index >= 15 is 0 Å². The van der Waals surface area contributed by atoms with E-state index in [0.717, 1.165) is 0 Å². The second-order valence-corrected chi connectivity index (χ2v) is 1.72. The Morgan fingerprint density at radius 1 is 1.60 bits per heavy atom. The molecule has 1 radical (unpaired) electrons. The van der Waals surface area contributed by atoms with Gasteiger partial charge >= 0.3 is 0 Å². The molecule has 0 fully saturated rings. The molecular weight excluding hydrogens is 64.0 g/mol. The lowest BCUT2D eigenvalue weighted by Crippen LogP contribution is -2.32. The van der Waals surface area contributed by atoms with Crippen molar-refractivity contribution in [1.82, 2.24) is 5.73 Å². The fraction of sp³-hybridized carbons (Fsp3) is 1.00. The first-order valence-electron chi connectivity index (χ1n) is 1.54. The number of rotatable bonds is 0. The van der Waals surface area contributed by atoms with Gasteiger partial charge in [0.2, 0.25) is 0 Å². The van der Waals surface area contributed by atoms with E-state index in [0.29, 0.717) is 0 Å². The van der Waals surface area contributed by atoms with E-state index < -0.39 is 5.66 Å². The molecule has 0 spiro atoms. The van der Waals surface area contributed by atoms with Crippen molar-refractivity contribution in [3.8, 4) is 0 Å². The van der Waals surface area contributed by atoms with Gasteiger partial charge < -0.3 is 5.73 Å². The molecule has 0 amide bonds. The highest BCUT2D eigenvalue weighted by atomic mass is 14.9. The first-order valence-corrected chi connectivity index (χ1v) is 1.54. The third-order valence-corrected chi connectivity index (χ3v) is 0. The molecular formula is C3H9N2. The average Bonchev–Trinajstić information content (AvgIpc) is 0.722. The van der Waals surface area contributed by atoms with Crippen molar-refractivity contribution in [2.24, 2.45) is 5.73 Å². The van der Waals surface area contributed by atoms with Gasteiger partial charge in [-0.1, -0.05) is 0 Å². The van der Waals surface area contributed by atoms with Gasteiger partial charge in [0, 0.05) is 0 Å². The molecule has 0 aliphatic heterocycles. The molecule has 0 heterocycles. The molecule has 31 valence electrons. The molecule has 0 aliphatic rings. The van der Waals surface area contributed by atoms with Crippen LogP contribution in [0.4, 0.5) is 0 Å². The predicted octanol–water partition coefficient (Wildman–Crippen LogP) is -0.0359. The minimum Gasteiger partial charge on any atom is -0.313 e. The molecule has 3 N–H and O–H groups in total. The maximum absolute atomic E-state index is 6.72. The van der Waals surface area contributed by atoms with Crippen LogP contribution in [0.2, 0.25) is 0 Å². The molecule has 0 saturated heterocycles. The van der Waals surface area contributed by atoms with Crippen LogP contribution in [0.25, 0.3) is 0 Å². The third-order valence-electron chi connectivity index (χ3n) is 0. The molecule has 0 aromatic carbocycles. The highest BCUT2D eigenvalue weighted by molar-refractivity contribution is 4.56. The predicted molar refractivity (Wildman–Crippen MR) is 21.4 cm³/mol. The minimum atomic E-state index is -0.750. The second kappa shape index (κ2) is 0.954. The number of hydrogen-bond donors (Lipinski definition) is 1. The zero-order chi connectivity index (χ0) is 4.50. The topological polar surface area (TPSA) is 49.8 Å². The summed E-state index contributed by atoms with van der Waals surface area (Å²) in [6, 6.07) is 0. The third kappa shape index (κ3) is 2260. The Morgan fingerprint density at radius 2 is 1.60 bits per heavy atom. The second-order valence-electron chi connectivity index (χ2n) is 1.72. The molecule has 5 heavy (non-hydrogen) atoms. The number of nitrogens with one attached hydrogen (secondary N) is 1. The average molecular weight is 73.1 g/mol. The minimum absolute atomic E-state index is 0.750. The van der Waals surface area contributed by atoms with Crippen molar-refractivity contribution in [1.29, 1.82) is 0 Å². The lowest BCUT2D eigenvalue weighted by molar-refractivity contribution is 0.526. The highest BCUT2D eigenvalue weighted by Crippen LogP contribution is 1.80. The van der Waals surface area contributed by atoms with Gasteiger partial charge in [-0.3, -0.25) is 0 Å². The summed E-state index contributed by atoms with van der Waals surface area (Å²) in [5, 5.41) is 0. The fourth-order valence-corrected chi connectivity index (χ4v) is 0. The molecule has 0 rings (SSSR count). The van der Waals surface area contributed by atoms with Crippen LogP contribution in [-0.2, 0) is 0 Å². The Kier molecular flexibility index (Phi) is 0.938. The van der Waals surface area contributed by atoms with E-state index in [1.807, 2.05) is 0 Å². The standard InChI is InChI=1S/C3H9N2/c1-3(2,4)5/h4H,5H2,1-2H3. The van der Waals surface area contributed by atoms with Gasteiger partial charge in [0.25, 0.3) is 0 Å². The van der Waals surface area contributed by atoms with Gasteiger partial charge in [0.05, 0.1) is 5.66 Å². The Balaban J connectivity index is 3.02. The van der Waals surface area contributed by atoms with Crippen LogP contribution in [0, 0.1) is 0 Å². The summed E-state index contributed by atoms with van der Waals surface area (Å²) in [6.45, 7) is 3.26. The summed E-state index contributed by atoms with van der Waals surface area (Å²) >= 11 is 0. The quantitative estimate of drug-likeness (QED) is 0.430. The Labute approximate surface area is 32.1 Å². The van der Waals surface area contributed by atoms with Crippen LogP contribution in [0.5, 0.6) is 0 Å². The fourth-order valence-electron chi connectivity index (χ4n) is 0. The largest absolute Gasteiger partial charge is 0.313 e. The number of nitrogens with two attached hydrogens (primary N) is 1. The molecule has 0 unspecified atom stereocenters. The van der Waals surface area contributed by atoms with Gasteiger partial charge in [-0.05, 0) is 13.8 Å². The van der Waals surface area contributed by atoms with Gasteiger partial charge in [0.1, 0.15) is 0 Å². The van der Waals surface area contributed by atoms with Crippen molar-refractivity contribution in [2.45, 2.75) is 19.5 Å². The maximum atomic E-state index is 6.72. The Bertz CT molecular complexity index is 20.4. The Hall–Kier alpha value is -0.0800. The SMILES string of the molecule is CC(C)([NH])N. The smallest absolute Gasteiger partial charge is 0.0735 e. The van der Waals surface area contributed by atoms with Gasteiger partial charge in [-0.25, -0.2) is 5.73 Å². The van der Waals surface area contributed by atoms with Crippen molar-refractivity contribution in [3.05, 3.63) is 0 Å². The molecule has 0 atom stereocenters. The van der Waals surface area contributed by atoms with Crippen LogP contribution < -0.4 is 11.5 Å². The summed E-state index contributed by atoms with van der Waals surface area (Å²) in [4.78, 5) is 0. The molecule has 0 aromatic heterocycles. The lowest BCUT2D eigenvalue weighted by Gasteiger charge is -2.05. The molecule has 0 aromatic rings. The summed E-state index contributed by atoms with van der Waals surface area (Å²) in [6.07, 6.45) is 0. The van der Waals surface area contributed by atoms with E-state index in [1.165, 1.54) is 0 Å². The molecule has 0 bridgehead atoms. The zero-order valence-corrected chi connectivity index (χ0v) is 3.58. The van der Waals surface area contributed by atoms with E-state index in [4.69, 9.17) is 11.5 Å². The van der Waals surface area contributed by atoms with Crippen LogP contribution in [-0.4, -0.2) is 5.66 Å². The van der Waals surface area contributed by atoms with Gasteiger partial charge in [-0.2, -0.15) is 0 Å². The lowest BCUT2D eigenvalue weighted by atomic mass is 10.3. The van der Waals surface area contributed by atoms with Crippen molar-refractivity contribution < 1.29 is 0 Å². The molecule has 2 heteroatoms. The van der Waals surface area contributed by atoms with Crippen molar-refractivity contribution in [3.63, 3.8) is 0 Å². The van der Waals surface area contributed by atoms with Crippen LogP contribution in [0.3, 0.4) is 0 Å². The van der Waals surface area contributed by atoms with Gasteiger partial charge in [-0.15, -0.1) is 0 Å². The summed E-state index contributed by atoms with van der Waals surface area (Å²) in [5.74, 6) is 0. The highest BCUT2D eigenvalue weighted by Gasteiger charge is 1.97. The molecule has 2 nitrogen and oxygen atoms in total. The normalized spacial score (nSPS) is 12.0. The van der Waals surface area contributed by atoms with Crippen LogP contribution in [0.15, 0.2) is 0 Å². The molecule has 0 saturated carbocycles. The van der Waals surface area contributed by atoms with Gasteiger partial charge in [0.15, 0.2) is 0 Å².